The van der Waals surface area contributed by atoms with Crippen molar-refractivity contribution in [2.24, 2.45) is 0 Å². The summed E-state index contributed by atoms with van der Waals surface area (Å²) in [7, 11) is 3.76. The number of hydrogen-bond acceptors (Lipinski definition) is 5. The number of anilines is 1. The highest BCUT2D eigenvalue weighted by atomic mass is 16.5. The van der Waals surface area contributed by atoms with Gasteiger partial charge in [0.25, 0.3) is 0 Å². The number of esters is 1. The number of aliphatic carboxylic acids is 1. The Kier molecular flexibility index (Phi) is 6.78. The van der Waals surface area contributed by atoms with Crippen molar-refractivity contribution in [1.29, 1.82) is 0 Å². The number of rotatable bonds is 7. The van der Waals surface area contributed by atoms with Gasteiger partial charge >= 0.3 is 11.9 Å². The summed E-state index contributed by atoms with van der Waals surface area (Å²) >= 11 is 0. The van der Waals surface area contributed by atoms with Gasteiger partial charge in [-0.05, 0) is 38.4 Å². The Balaban J connectivity index is 2.53. The lowest BCUT2D eigenvalue weighted by molar-refractivity contribution is -0.131. The van der Waals surface area contributed by atoms with Gasteiger partial charge in [0.1, 0.15) is 6.61 Å². The average Bonchev–Trinajstić information content (AvgIpc) is 2.45. The van der Waals surface area contributed by atoms with Gasteiger partial charge in [-0.2, -0.15) is 0 Å². The van der Waals surface area contributed by atoms with E-state index in [-0.39, 0.29) is 0 Å². The molecule has 0 atom stereocenters. The van der Waals surface area contributed by atoms with Gasteiger partial charge in [-0.1, -0.05) is 0 Å². The van der Waals surface area contributed by atoms with E-state index in [0.29, 0.717) is 24.4 Å². The van der Waals surface area contributed by atoms with Gasteiger partial charge in [-0.3, -0.25) is 4.79 Å². The Hall–Kier alpha value is -2.67. The molecule has 7 nitrogen and oxygen atoms in total. The maximum atomic E-state index is 11.7. The molecule has 0 saturated heterocycles. The summed E-state index contributed by atoms with van der Waals surface area (Å²) in [5.74, 6) is -2.21. The van der Waals surface area contributed by atoms with E-state index in [1.807, 2.05) is 19.0 Å². The van der Waals surface area contributed by atoms with Crippen LogP contribution in [0.25, 0.3) is 0 Å². The molecule has 1 aromatic rings. The second-order valence-corrected chi connectivity index (χ2v) is 4.68. The third-order valence-electron chi connectivity index (χ3n) is 2.54. The predicted molar refractivity (Wildman–Crippen MR) is 80.7 cm³/mol. The summed E-state index contributed by atoms with van der Waals surface area (Å²) in [6, 6.07) is 6.12. The standard InChI is InChI=1S/C15H18N2O5/c1-17(2)9-10-22-15(21)11-3-5-12(6-4-11)16-13(18)7-8-14(19)20/h3-8H,9-10H2,1-2H3,(H,16,18)(H,19,20). The summed E-state index contributed by atoms with van der Waals surface area (Å²) in [6.45, 7) is 0.931. The molecule has 1 aromatic carbocycles. The molecule has 7 heteroatoms. The van der Waals surface area contributed by atoms with Gasteiger partial charge in [0.2, 0.25) is 5.91 Å². The molecule has 0 unspecified atom stereocenters. The summed E-state index contributed by atoms with van der Waals surface area (Å²) in [5.41, 5.74) is 0.822. The number of nitrogens with one attached hydrogen (secondary N) is 1. The highest BCUT2D eigenvalue weighted by Gasteiger charge is 2.07. The largest absolute Gasteiger partial charge is 0.478 e. The van der Waals surface area contributed by atoms with E-state index in [0.717, 1.165) is 12.2 Å². The number of likely N-dealkylation sites (N-methyl/N-ethyl adjacent to an activating group) is 1. The van der Waals surface area contributed by atoms with Crippen LogP contribution in [0, 0.1) is 0 Å². The Morgan fingerprint density at radius 1 is 1.18 bits per heavy atom. The van der Waals surface area contributed by atoms with Crippen molar-refractivity contribution in [3.8, 4) is 0 Å². The van der Waals surface area contributed by atoms with Gasteiger partial charge < -0.3 is 20.1 Å². The molecule has 22 heavy (non-hydrogen) atoms. The first kappa shape index (κ1) is 17.4. The van der Waals surface area contributed by atoms with Crippen LogP contribution in [-0.2, 0) is 14.3 Å². The number of carboxylic acid groups (broad SMARTS) is 1. The zero-order chi connectivity index (χ0) is 16.5. The van der Waals surface area contributed by atoms with Crippen LogP contribution in [0.5, 0.6) is 0 Å². The predicted octanol–water partition coefficient (Wildman–Crippen LogP) is 0.984. The van der Waals surface area contributed by atoms with E-state index in [9.17, 15) is 14.4 Å². The van der Waals surface area contributed by atoms with Gasteiger partial charge in [-0.15, -0.1) is 0 Å². The van der Waals surface area contributed by atoms with Crippen molar-refractivity contribution < 1.29 is 24.2 Å². The van der Waals surface area contributed by atoms with Crippen LogP contribution in [0.15, 0.2) is 36.4 Å². The average molecular weight is 306 g/mol. The molecule has 0 bridgehead atoms. The first-order valence-electron chi connectivity index (χ1n) is 6.52. The zero-order valence-corrected chi connectivity index (χ0v) is 12.4. The summed E-state index contributed by atoms with van der Waals surface area (Å²) in [5, 5.41) is 10.9. The van der Waals surface area contributed by atoms with Crippen molar-refractivity contribution in [2.45, 2.75) is 0 Å². The molecule has 0 fully saturated rings. The number of carboxylic acids is 1. The first-order valence-corrected chi connectivity index (χ1v) is 6.52. The van der Waals surface area contributed by atoms with Crippen LogP contribution < -0.4 is 5.32 Å². The minimum absolute atomic E-state index is 0.296. The van der Waals surface area contributed by atoms with Crippen molar-refractivity contribution in [2.75, 3.05) is 32.6 Å². The summed E-state index contributed by atoms with van der Waals surface area (Å²) in [6.07, 6.45) is 1.65. The molecule has 0 saturated carbocycles. The maximum absolute atomic E-state index is 11.7. The molecule has 0 aliphatic rings. The number of nitrogens with zero attached hydrogens (tertiary/aromatic N) is 1. The highest BCUT2D eigenvalue weighted by molar-refractivity contribution is 6.02. The number of ether oxygens (including phenoxy) is 1. The Morgan fingerprint density at radius 2 is 1.82 bits per heavy atom. The molecular weight excluding hydrogens is 288 g/mol. The second-order valence-electron chi connectivity index (χ2n) is 4.68. The van der Waals surface area contributed by atoms with E-state index in [4.69, 9.17) is 9.84 Å². The lowest BCUT2D eigenvalue weighted by Gasteiger charge is -2.10. The van der Waals surface area contributed by atoms with Gasteiger partial charge in [0.15, 0.2) is 0 Å². The van der Waals surface area contributed by atoms with Gasteiger partial charge in [0.05, 0.1) is 5.56 Å². The number of amides is 1. The molecule has 1 rings (SSSR count). The zero-order valence-electron chi connectivity index (χ0n) is 12.4. The highest BCUT2D eigenvalue weighted by Crippen LogP contribution is 2.10. The minimum atomic E-state index is -1.20. The number of carbonyl (C=O) groups is 3. The number of benzene rings is 1. The van der Waals surface area contributed by atoms with Gasteiger partial charge in [-0.25, -0.2) is 9.59 Å². The van der Waals surface area contributed by atoms with E-state index >= 15 is 0 Å². The van der Waals surface area contributed by atoms with E-state index in [2.05, 4.69) is 5.32 Å². The third-order valence-corrected chi connectivity index (χ3v) is 2.54. The van der Waals surface area contributed by atoms with Crippen molar-refractivity contribution in [3.05, 3.63) is 42.0 Å². The van der Waals surface area contributed by atoms with Crippen molar-refractivity contribution >= 4 is 23.5 Å². The topological polar surface area (TPSA) is 95.9 Å². The SMILES string of the molecule is CN(C)CCOC(=O)c1ccc(NC(=O)C=CC(=O)O)cc1. The quantitative estimate of drug-likeness (QED) is 0.576. The second kappa shape index (κ2) is 8.58. The van der Waals surface area contributed by atoms with Crippen LogP contribution in [0.2, 0.25) is 0 Å². The number of hydrogen-bond donors (Lipinski definition) is 2. The monoisotopic (exact) mass is 306 g/mol. The van der Waals surface area contributed by atoms with Crippen LogP contribution >= 0.6 is 0 Å². The number of carbonyl (C=O) groups excluding carboxylic acids is 2. The molecule has 2 N–H and O–H groups in total. The lowest BCUT2D eigenvalue weighted by atomic mass is 10.2. The molecule has 1 amide bonds. The van der Waals surface area contributed by atoms with Crippen LogP contribution in [0.3, 0.4) is 0 Å². The Labute approximate surface area is 128 Å². The lowest BCUT2D eigenvalue weighted by Crippen LogP contribution is -2.20. The van der Waals surface area contributed by atoms with Crippen LogP contribution in [0.1, 0.15) is 10.4 Å². The van der Waals surface area contributed by atoms with Crippen molar-refractivity contribution in [1.82, 2.24) is 4.90 Å². The third kappa shape index (κ3) is 6.67. The summed E-state index contributed by atoms with van der Waals surface area (Å²) in [4.78, 5) is 35.3. The van der Waals surface area contributed by atoms with Crippen LogP contribution in [0.4, 0.5) is 5.69 Å². The fourth-order valence-electron chi connectivity index (χ4n) is 1.42. The fraction of sp³-hybridized carbons (Fsp3) is 0.267. The normalized spacial score (nSPS) is 10.7. The molecular formula is C15H18N2O5. The Bertz CT molecular complexity index is 564. The molecule has 118 valence electrons. The molecule has 0 aromatic heterocycles. The van der Waals surface area contributed by atoms with Crippen molar-refractivity contribution in [3.63, 3.8) is 0 Å². The summed E-state index contributed by atoms with van der Waals surface area (Å²) < 4.78 is 5.08. The van der Waals surface area contributed by atoms with Gasteiger partial charge in [0, 0.05) is 24.4 Å². The fourth-order valence-corrected chi connectivity index (χ4v) is 1.42. The Morgan fingerprint density at radius 3 is 2.36 bits per heavy atom. The maximum Gasteiger partial charge on any atom is 0.338 e. The minimum Gasteiger partial charge on any atom is -0.478 e. The molecule has 0 aliphatic carbocycles. The smallest absolute Gasteiger partial charge is 0.338 e. The molecule has 0 aliphatic heterocycles. The van der Waals surface area contributed by atoms with E-state index < -0.39 is 17.8 Å². The van der Waals surface area contributed by atoms with E-state index in [1.165, 1.54) is 24.3 Å². The molecule has 0 heterocycles. The van der Waals surface area contributed by atoms with E-state index in [1.54, 1.807) is 0 Å². The van der Waals surface area contributed by atoms with Crippen LogP contribution in [-0.4, -0.2) is 55.1 Å². The first-order chi connectivity index (χ1) is 10.4. The molecule has 0 spiro atoms. The molecule has 0 radical (unpaired) electrons.